The summed E-state index contributed by atoms with van der Waals surface area (Å²) in [6.45, 7) is 1.89. The van der Waals surface area contributed by atoms with Gasteiger partial charge in [-0.25, -0.2) is 13.1 Å². The number of sulfonamides is 1. The summed E-state index contributed by atoms with van der Waals surface area (Å²) in [5.74, 6) is -0.517. The van der Waals surface area contributed by atoms with Gasteiger partial charge in [-0.15, -0.1) is 0 Å². The van der Waals surface area contributed by atoms with Gasteiger partial charge in [0.05, 0.1) is 15.6 Å². The second-order valence-corrected chi connectivity index (χ2v) is 9.43. The van der Waals surface area contributed by atoms with Crippen LogP contribution >= 0.6 is 39.1 Å². The van der Waals surface area contributed by atoms with Crippen molar-refractivity contribution in [2.24, 2.45) is 0 Å². The molecule has 1 aliphatic rings. The highest BCUT2D eigenvalue weighted by molar-refractivity contribution is 9.10. The molecule has 0 aliphatic heterocycles. The fourth-order valence-electron chi connectivity index (χ4n) is 2.31. The molecule has 0 saturated heterocycles. The lowest BCUT2D eigenvalue weighted by Gasteiger charge is -2.12. The average Bonchev–Trinajstić information content (AvgIpc) is 3.33. The minimum absolute atomic E-state index is 0.0285. The Balaban J connectivity index is 1.92. The highest BCUT2D eigenvalue weighted by atomic mass is 79.9. The number of halogens is 3. The maximum Gasteiger partial charge on any atom is 0.257 e. The fraction of sp³-hybridized carbons (Fsp3) is 0.235. The Morgan fingerprint density at radius 1 is 1.15 bits per heavy atom. The molecule has 2 aromatic rings. The molecule has 0 heterocycles. The molecule has 138 valence electrons. The number of rotatable bonds is 5. The van der Waals surface area contributed by atoms with Crippen molar-refractivity contribution in [3.63, 3.8) is 0 Å². The topological polar surface area (TPSA) is 75.3 Å². The van der Waals surface area contributed by atoms with E-state index in [1.165, 1.54) is 12.1 Å². The van der Waals surface area contributed by atoms with Gasteiger partial charge in [-0.3, -0.25) is 4.79 Å². The number of anilines is 1. The van der Waals surface area contributed by atoms with Crippen molar-refractivity contribution in [2.75, 3.05) is 5.32 Å². The molecule has 3 rings (SSSR count). The van der Waals surface area contributed by atoms with Crippen molar-refractivity contribution < 1.29 is 13.2 Å². The van der Waals surface area contributed by atoms with E-state index in [9.17, 15) is 13.2 Å². The fourth-order valence-corrected chi connectivity index (χ4v) is 4.72. The lowest BCUT2D eigenvalue weighted by molar-refractivity contribution is 0.102. The molecule has 1 aliphatic carbocycles. The summed E-state index contributed by atoms with van der Waals surface area (Å²) < 4.78 is 28.4. The van der Waals surface area contributed by atoms with E-state index < -0.39 is 15.9 Å². The smallest absolute Gasteiger partial charge is 0.257 e. The Morgan fingerprint density at radius 3 is 2.46 bits per heavy atom. The predicted molar refractivity (Wildman–Crippen MR) is 107 cm³/mol. The van der Waals surface area contributed by atoms with Crippen LogP contribution in [0, 0.1) is 6.92 Å². The van der Waals surface area contributed by atoms with E-state index in [0.29, 0.717) is 5.69 Å². The zero-order valence-corrected chi connectivity index (χ0v) is 17.6. The number of nitrogens with one attached hydrogen (secondary N) is 2. The van der Waals surface area contributed by atoms with Crippen LogP contribution in [0.25, 0.3) is 0 Å². The first-order valence-electron chi connectivity index (χ1n) is 7.76. The maximum absolute atomic E-state index is 12.6. The molecule has 9 heteroatoms. The van der Waals surface area contributed by atoms with Crippen LogP contribution in [0.3, 0.4) is 0 Å². The van der Waals surface area contributed by atoms with Gasteiger partial charge in [0, 0.05) is 16.2 Å². The van der Waals surface area contributed by atoms with Crippen LogP contribution in [0.5, 0.6) is 0 Å². The first-order valence-corrected chi connectivity index (χ1v) is 10.8. The number of hydrogen-bond acceptors (Lipinski definition) is 3. The lowest BCUT2D eigenvalue weighted by atomic mass is 10.2. The number of benzene rings is 2. The monoisotopic (exact) mass is 476 g/mol. The van der Waals surface area contributed by atoms with E-state index in [2.05, 4.69) is 26.0 Å². The van der Waals surface area contributed by atoms with Gasteiger partial charge < -0.3 is 5.32 Å². The quantitative estimate of drug-likeness (QED) is 0.651. The Bertz CT molecular complexity index is 992. The van der Waals surface area contributed by atoms with Gasteiger partial charge in [-0.05, 0) is 55.7 Å². The van der Waals surface area contributed by atoms with E-state index in [1.807, 2.05) is 13.0 Å². The lowest BCUT2D eigenvalue weighted by Crippen LogP contribution is -2.26. The molecule has 0 bridgehead atoms. The van der Waals surface area contributed by atoms with Crippen molar-refractivity contribution in [1.29, 1.82) is 0 Å². The van der Waals surface area contributed by atoms with Gasteiger partial charge in [0.25, 0.3) is 5.91 Å². The molecule has 2 N–H and O–H groups in total. The highest BCUT2D eigenvalue weighted by Crippen LogP contribution is 2.31. The molecule has 2 aromatic carbocycles. The van der Waals surface area contributed by atoms with Crippen LogP contribution in [0.15, 0.2) is 39.7 Å². The normalized spacial score (nSPS) is 14.3. The van der Waals surface area contributed by atoms with Crippen molar-refractivity contribution in [3.8, 4) is 0 Å². The van der Waals surface area contributed by atoms with Gasteiger partial charge in [0.15, 0.2) is 0 Å². The third kappa shape index (κ3) is 4.40. The molecular weight excluding hydrogens is 463 g/mol. The van der Waals surface area contributed by atoms with E-state index in [4.69, 9.17) is 23.2 Å². The summed E-state index contributed by atoms with van der Waals surface area (Å²) in [5.41, 5.74) is 1.55. The van der Waals surface area contributed by atoms with Gasteiger partial charge in [-0.2, -0.15) is 0 Å². The maximum atomic E-state index is 12.6. The van der Waals surface area contributed by atoms with Crippen LogP contribution in [0.2, 0.25) is 10.0 Å². The summed E-state index contributed by atoms with van der Waals surface area (Å²) in [6, 6.07) is 7.73. The summed E-state index contributed by atoms with van der Waals surface area (Å²) in [5, 5.41) is 2.76. The third-order valence-electron chi connectivity index (χ3n) is 3.87. The summed E-state index contributed by atoms with van der Waals surface area (Å²) in [4.78, 5) is 12.4. The molecule has 26 heavy (non-hydrogen) atoms. The molecule has 1 amide bonds. The Morgan fingerprint density at radius 2 is 1.85 bits per heavy atom. The average molecular weight is 478 g/mol. The second-order valence-electron chi connectivity index (χ2n) is 6.08. The van der Waals surface area contributed by atoms with E-state index >= 15 is 0 Å². The first-order chi connectivity index (χ1) is 12.2. The Labute approximate surface area is 170 Å². The number of aryl methyl sites for hydroxylation is 1. The largest absolute Gasteiger partial charge is 0.322 e. The molecule has 0 aromatic heterocycles. The van der Waals surface area contributed by atoms with E-state index in [0.717, 1.165) is 22.9 Å². The van der Waals surface area contributed by atoms with Gasteiger partial charge >= 0.3 is 0 Å². The van der Waals surface area contributed by atoms with Gasteiger partial charge in [0.1, 0.15) is 4.90 Å². The summed E-state index contributed by atoms with van der Waals surface area (Å²) in [7, 11) is -3.81. The molecule has 1 fully saturated rings. The van der Waals surface area contributed by atoms with Crippen LogP contribution in [0.4, 0.5) is 5.69 Å². The Hall–Kier alpha value is -1.12. The highest BCUT2D eigenvalue weighted by Gasteiger charge is 2.30. The number of carbonyl (C=O) groups excluding carboxylic acids is 1. The van der Waals surface area contributed by atoms with Crippen molar-refractivity contribution in [2.45, 2.75) is 30.7 Å². The SMILES string of the molecule is Cc1cc(NC(=O)c2cc(S(=O)(=O)NC3CC3)c(Cl)cc2Cl)ccc1Br. The van der Waals surface area contributed by atoms with Crippen molar-refractivity contribution in [3.05, 3.63) is 56.0 Å². The summed E-state index contributed by atoms with van der Waals surface area (Å²) in [6.07, 6.45) is 1.58. The van der Waals surface area contributed by atoms with Crippen LogP contribution in [-0.2, 0) is 10.0 Å². The third-order valence-corrected chi connectivity index (χ3v) is 7.06. The van der Waals surface area contributed by atoms with Crippen LogP contribution < -0.4 is 10.0 Å². The molecule has 0 spiro atoms. The standard InChI is InChI=1S/C17H15BrCl2N2O3S/c1-9-6-11(4-5-13(9)18)21-17(23)12-7-16(15(20)8-14(12)19)26(24,25)22-10-2-3-10/h4-8,10,22H,2-3H2,1H3,(H,21,23). The zero-order valence-electron chi connectivity index (χ0n) is 13.6. The molecule has 1 saturated carbocycles. The van der Waals surface area contributed by atoms with Crippen molar-refractivity contribution >= 4 is 60.7 Å². The molecular formula is C17H15BrCl2N2O3S. The van der Waals surface area contributed by atoms with Crippen molar-refractivity contribution in [1.82, 2.24) is 4.72 Å². The number of amides is 1. The Kier molecular flexibility index (Phi) is 5.65. The minimum Gasteiger partial charge on any atom is -0.322 e. The molecule has 0 atom stereocenters. The molecule has 0 unspecified atom stereocenters. The van der Waals surface area contributed by atoms with Crippen LogP contribution in [0.1, 0.15) is 28.8 Å². The number of hydrogen-bond donors (Lipinski definition) is 2. The van der Waals surface area contributed by atoms with E-state index in [1.54, 1.807) is 12.1 Å². The van der Waals surface area contributed by atoms with E-state index in [-0.39, 0.29) is 26.5 Å². The second kappa shape index (κ2) is 7.48. The number of carbonyl (C=O) groups is 1. The van der Waals surface area contributed by atoms with Crippen LogP contribution in [-0.4, -0.2) is 20.4 Å². The predicted octanol–water partition coefficient (Wildman–Crippen LogP) is 4.76. The summed E-state index contributed by atoms with van der Waals surface area (Å²) >= 11 is 15.6. The van der Waals surface area contributed by atoms with Gasteiger partial charge in [-0.1, -0.05) is 39.1 Å². The minimum atomic E-state index is -3.81. The molecule has 0 radical (unpaired) electrons. The molecule has 5 nitrogen and oxygen atoms in total. The van der Waals surface area contributed by atoms with Gasteiger partial charge in [0.2, 0.25) is 10.0 Å². The zero-order chi connectivity index (χ0) is 19.1. The first kappa shape index (κ1) is 19.6.